The van der Waals surface area contributed by atoms with Gasteiger partial charge in [-0.3, -0.25) is 4.79 Å². The first-order chi connectivity index (χ1) is 10.5. The average molecular weight is 317 g/mol. The maximum Gasteiger partial charge on any atom is 0.295 e. The summed E-state index contributed by atoms with van der Waals surface area (Å²) in [6.07, 6.45) is 1.82. The van der Waals surface area contributed by atoms with Gasteiger partial charge in [0.2, 0.25) is 5.76 Å². The maximum atomic E-state index is 12.1. The molecule has 0 saturated heterocycles. The van der Waals surface area contributed by atoms with E-state index in [4.69, 9.17) is 16.1 Å². The molecule has 0 unspecified atom stereocenters. The van der Waals surface area contributed by atoms with Crippen molar-refractivity contribution in [3.05, 3.63) is 58.6 Å². The second-order valence-corrected chi connectivity index (χ2v) is 5.30. The Kier molecular flexibility index (Phi) is 3.68. The second kappa shape index (κ2) is 5.65. The van der Waals surface area contributed by atoms with Crippen LogP contribution in [-0.4, -0.2) is 20.8 Å². The molecule has 0 aliphatic heterocycles. The molecule has 0 radical (unpaired) electrons. The first-order valence-corrected chi connectivity index (χ1v) is 6.97. The lowest BCUT2D eigenvalue weighted by molar-refractivity contribution is 0.0987. The van der Waals surface area contributed by atoms with E-state index >= 15 is 0 Å². The predicted octanol–water partition coefficient (Wildman–Crippen LogP) is 3.38. The number of nitrogens with one attached hydrogen (secondary N) is 1. The summed E-state index contributed by atoms with van der Waals surface area (Å²) in [6.45, 7) is 3.61. The highest BCUT2D eigenvalue weighted by atomic mass is 35.5. The van der Waals surface area contributed by atoms with Gasteiger partial charge in [0.25, 0.3) is 5.91 Å². The second-order valence-electron chi connectivity index (χ2n) is 4.87. The van der Waals surface area contributed by atoms with Gasteiger partial charge in [-0.1, -0.05) is 16.8 Å². The number of amides is 1. The lowest BCUT2D eigenvalue weighted by Gasteiger charge is -2.01. The van der Waals surface area contributed by atoms with Crippen molar-refractivity contribution in [2.45, 2.75) is 13.8 Å². The molecule has 2 heterocycles. The van der Waals surface area contributed by atoms with Gasteiger partial charge in [-0.25, -0.2) is 4.68 Å². The Balaban J connectivity index is 1.83. The van der Waals surface area contributed by atoms with E-state index < -0.39 is 0 Å². The molecule has 0 saturated carbocycles. The van der Waals surface area contributed by atoms with Gasteiger partial charge in [-0.15, -0.1) is 5.10 Å². The van der Waals surface area contributed by atoms with Gasteiger partial charge in [0.1, 0.15) is 0 Å². The number of hydrogen-bond acceptors (Lipinski definition) is 4. The van der Waals surface area contributed by atoms with E-state index in [0.717, 1.165) is 11.3 Å². The minimum Gasteiger partial charge on any atom is -0.351 e. The van der Waals surface area contributed by atoms with Crippen molar-refractivity contribution < 1.29 is 9.32 Å². The fourth-order valence-electron chi connectivity index (χ4n) is 1.95. The fourth-order valence-corrected chi connectivity index (χ4v) is 2.08. The fraction of sp³-hybridized carbons (Fsp3) is 0.133. The zero-order valence-electron chi connectivity index (χ0n) is 12.0. The third kappa shape index (κ3) is 2.87. The van der Waals surface area contributed by atoms with Crippen LogP contribution in [0.3, 0.4) is 0 Å². The molecule has 2 aromatic heterocycles. The molecule has 0 spiro atoms. The van der Waals surface area contributed by atoms with Crippen LogP contribution in [0.15, 0.2) is 41.1 Å². The van der Waals surface area contributed by atoms with Crippen LogP contribution >= 0.6 is 11.6 Å². The topological polar surface area (TPSA) is 73.0 Å². The van der Waals surface area contributed by atoms with Gasteiger partial charge in [-0.2, -0.15) is 0 Å². The number of nitrogens with zero attached hydrogens (tertiary/aromatic N) is 3. The standard InChI is InChI=1S/C15H13ClN4O2/c1-9-8-20(12-5-3-11(16)4-6-12)18-14(9)17-15(21)13-7-10(2)19-22-13/h3-8H,1-2H3,(H,17,18,21). The quantitative estimate of drug-likeness (QED) is 0.804. The number of aromatic nitrogens is 3. The zero-order chi connectivity index (χ0) is 15.7. The van der Waals surface area contributed by atoms with Gasteiger partial charge < -0.3 is 9.84 Å². The molecule has 7 heteroatoms. The largest absolute Gasteiger partial charge is 0.351 e. The van der Waals surface area contributed by atoms with Crippen LogP contribution in [0.1, 0.15) is 21.8 Å². The van der Waals surface area contributed by atoms with Crippen LogP contribution in [0.5, 0.6) is 0 Å². The van der Waals surface area contributed by atoms with Crippen LogP contribution in [0, 0.1) is 13.8 Å². The van der Waals surface area contributed by atoms with Gasteiger partial charge >= 0.3 is 0 Å². The SMILES string of the molecule is Cc1cc(C(=O)Nc2nn(-c3ccc(Cl)cc3)cc2C)on1. The first-order valence-electron chi connectivity index (χ1n) is 6.60. The van der Waals surface area contributed by atoms with Crippen molar-refractivity contribution in [1.82, 2.24) is 14.9 Å². The Labute approximate surface area is 131 Å². The van der Waals surface area contributed by atoms with Crippen LogP contribution in [0.2, 0.25) is 5.02 Å². The lowest BCUT2D eigenvalue weighted by atomic mass is 10.3. The number of halogens is 1. The molecule has 3 rings (SSSR count). The molecule has 0 aliphatic rings. The Hall–Kier alpha value is -2.60. The van der Waals surface area contributed by atoms with Gasteiger partial charge in [0, 0.05) is 22.8 Å². The van der Waals surface area contributed by atoms with E-state index in [1.165, 1.54) is 0 Å². The smallest absolute Gasteiger partial charge is 0.295 e. The normalized spacial score (nSPS) is 10.7. The number of carbonyl (C=O) groups excluding carboxylic acids is 1. The van der Waals surface area contributed by atoms with Gasteiger partial charge in [0.15, 0.2) is 5.82 Å². The maximum absolute atomic E-state index is 12.1. The molecular weight excluding hydrogens is 304 g/mol. The summed E-state index contributed by atoms with van der Waals surface area (Å²) < 4.78 is 6.61. The van der Waals surface area contributed by atoms with Crippen LogP contribution in [0.4, 0.5) is 5.82 Å². The Morgan fingerprint density at radius 2 is 2.00 bits per heavy atom. The predicted molar refractivity (Wildman–Crippen MR) is 82.5 cm³/mol. The lowest BCUT2D eigenvalue weighted by Crippen LogP contribution is -2.12. The number of benzene rings is 1. The van der Waals surface area contributed by atoms with Crippen molar-refractivity contribution in [1.29, 1.82) is 0 Å². The third-order valence-electron chi connectivity index (χ3n) is 3.07. The molecule has 0 aliphatic carbocycles. The third-order valence-corrected chi connectivity index (χ3v) is 3.32. The Bertz CT molecular complexity index is 820. The van der Waals surface area contributed by atoms with Gasteiger partial charge in [0.05, 0.1) is 11.4 Å². The summed E-state index contributed by atoms with van der Waals surface area (Å²) >= 11 is 5.87. The van der Waals surface area contributed by atoms with E-state index in [0.29, 0.717) is 16.5 Å². The van der Waals surface area contributed by atoms with Crippen LogP contribution in [0.25, 0.3) is 5.69 Å². The highest BCUT2D eigenvalue weighted by molar-refractivity contribution is 6.30. The molecule has 3 aromatic rings. The minimum absolute atomic E-state index is 0.151. The summed E-state index contributed by atoms with van der Waals surface area (Å²) in [4.78, 5) is 12.1. The van der Waals surface area contributed by atoms with Gasteiger partial charge in [-0.05, 0) is 38.1 Å². The Morgan fingerprint density at radius 1 is 1.27 bits per heavy atom. The highest BCUT2D eigenvalue weighted by Gasteiger charge is 2.15. The molecule has 0 bridgehead atoms. The molecule has 22 heavy (non-hydrogen) atoms. The van der Waals surface area contributed by atoms with Crippen molar-refractivity contribution in [2.75, 3.05) is 5.32 Å². The van der Waals surface area contributed by atoms with Crippen molar-refractivity contribution in [3.8, 4) is 5.69 Å². The highest BCUT2D eigenvalue weighted by Crippen LogP contribution is 2.18. The van der Waals surface area contributed by atoms with Crippen LogP contribution in [-0.2, 0) is 0 Å². The Morgan fingerprint density at radius 3 is 2.64 bits per heavy atom. The van der Waals surface area contributed by atoms with E-state index in [-0.39, 0.29) is 11.7 Å². The number of carbonyl (C=O) groups is 1. The molecule has 0 fully saturated rings. The van der Waals surface area contributed by atoms with Crippen molar-refractivity contribution in [2.24, 2.45) is 0 Å². The molecule has 6 nitrogen and oxygen atoms in total. The zero-order valence-corrected chi connectivity index (χ0v) is 12.8. The van der Waals surface area contributed by atoms with E-state index in [9.17, 15) is 4.79 Å². The summed E-state index contributed by atoms with van der Waals surface area (Å²) in [5, 5.41) is 11.4. The molecule has 1 amide bonds. The molecule has 112 valence electrons. The van der Waals surface area contributed by atoms with E-state index in [2.05, 4.69) is 15.6 Å². The van der Waals surface area contributed by atoms with Crippen molar-refractivity contribution >= 4 is 23.3 Å². The monoisotopic (exact) mass is 316 g/mol. The molecular formula is C15H13ClN4O2. The molecule has 0 atom stereocenters. The number of hydrogen-bond donors (Lipinski definition) is 1. The number of anilines is 1. The summed E-state index contributed by atoms with van der Waals surface area (Å²) in [5.74, 6) is 0.233. The summed E-state index contributed by atoms with van der Waals surface area (Å²) in [7, 11) is 0. The first kappa shape index (κ1) is 14.3. The minimum atomic E-state index is -0.384. The summed E-state index contributed by atoms with van der Waals surface area (Å²) in [5.41, 5.74) is 2.33. The number of aryl methyl sites for hydroxylation is 2. The summed E-state index contributed by atoms with van der Waals surface area (Å²) in [6, 6.07) is 8.83. The number of rotatable bonds is 3. The van der Waals surface area contributed by atoms with Crippen LogP contribution < -0.4 is 5.32 Å². The van der Waals surface area contributed by atoms with E-state index in [1.54, 1.807) is 29.8 Å². The van der Waals surface area contributed by atoms with E-state index in [1.807, 2.05) is 25.3 Å². The molecule has 1 N–H and O–H groups in total. The average Bonchev–Trinajstić information content (AvgIpc) is 3.07. The molecule has 1 aromatic carbocycles. The van der Waals surface area contributed by atoms with Crippen molar-refractivity contribution in [3.63, 3.8) is 0 Å².